The molecule has 13 heteroatoms. The molecule has 0 radical (unpaired) electrons. The van der Waals surface area contributed by atoms with Crippen molar-refractivity contribution in [2.45, 2.75) is 65.5 Å². The maximum atomic E-state index is 13.9. The summed E-state index contributed by atoms with van der Waals surface area (Å²) in [5.41, 5.74) is -4.16. The summed E-state index contributed by atoms with van der Waals surface area (Å²) in [4.78, 5) is 77.7. The number of phenols is 1. The standard InChI is InChI=1S/C28H26N2O11/c1-11(2)27(37)41-28(6)25(39-13(4)32)21-19(24(38-12(3)31)26(28)40-14(5)33)18-20(30(21)10-29)23(36)17-15(22(18)35)8-7-9-16(17)34/h7-9,11,24-26,34H,1-6H3/t24-,25+,26+,28+/m0/s1. The maximum absolute atomic E-state index is 13.9. The zero-order chi connectivity index (χ0) is 30.5. The third kappa shape index (κ3) is 4.51. The Kier molecular flexibility index (Phi) is 7.22. The van der Waals surface area contributed by atoms with Crippen molar-refractivity contribution in [3.63, 3.8) is 0 Å². The highest BCUT2D eigenvalue weighted by atomic mass is 16.6. The number of nitriles is 1. The lowest BCUT2D eigenvalue weighted by atomic mass is 9.74. The summed E-state index contributed by atoms with van der Waals surface area (Å²) in [7, 11) is 0. The number of ether oxygens (including phenoxy) is 4. The van der Waals surface area contributed by atoms with Gasteiger partial charge in [-0.25, -0.2) is 4.57 Å². The molecule has 1 aromatic carbocycles. The third-order valence-electron chi connectivity index (χ3n) is 6.86. The fourth-order valence-electron chi connectivity index (χ4n) is 5.24. The molecule has 1 aromatic heterocycles. The van der Waals surface area contributed by atoms with Crippen LogP contribution in [0.1, 0.15) is 97.0 Å². The van der Waals surface area contributed by atoms with E-state index in [1.807, 2.05) is 0 Å². The number of esters is 4. The first-order valence-corrected chi connectivity index (χ1v) is 12.5. The SMILES string of the molecule is CC(=O)O[C@@H]1c2c(c3c(n2C#N)C(=O)c2c(O)cccc2C3=O)[C@H](OC(C)=O)[C@@H](OC(C)=O)[C@]1(C)OC(=O)C(C)C. The van der Waals surface area contributed by atoms with E-state index in [9.17, 15) is 39.1 Å². The third-order valence-corrected chi connectivity index (χ3v) is 6.86. The zero-order valence-electron chi connectivity index (χ0n) is 23.0. The van der Waals surface area contributed by atoms with Crippen molar-refractivity contribution >= 4 is 35.4 Å². The van der Waals surface area contributed by atoms with Gasteiger partial charge in [0, 0.05) is 31.9 Å². The van der Waals surface area contributed by atoms with Gasteiger partial charge >= 0.3 is 23.9 Å². The number of fused-ring (bicyclic) bond motifs is 4. The lowest BCUT2D eigenvalue weighted by Crippen LogP contribution is -2.58. The molecule has 0 bridgehead atoms. The predicted octanol–water partition coefficient (Wildman–Crippen LogP) is 2.41. The molecule has 0 aliphatic heterocycles. The van der Waals surface area contributed by atoms with Crippen LogP contribution in [0.2, 0.25) is 0 Å². The summed E-state index contributed by atoms with van der Waals surface area (Å²) in [6.45, 7) is 7.40. The number of hydrogen-bond donors (Lipinski definition) is 1. The van der Waals surface area contributed by atoms with E-state index in [0.29, 0.717) is 0 Å². The van der Waals surface area contributed by atoms with Crippen LogP contribution in [-0.2, 0) is 38.1 Å². The second-order valence-corrected chi connectivity index (χ2v) is 10.1. The lowest BCUT2D eigenvalue weighted by molar-refractivity contribution is -0.236. The minimum Gasteiger partial charge on any atom is -0.507 e. The molecule has 0 saturated heterocycles. The fourth-order valence-corrected chi connectivity index (χ4v) is 5.24. The number of carbonyl (C=O) groups excluding carboxylic acids is 6. The van der Waals surface area contributed by atoms with Crippen LogP contribution in [0.4, 0.5) is 0 Å². The Balaban J connectivity index is 2.18. The zero-order valence-corrected chi connectivity index (χ0v) is 23.0. The quantitative estimate of drug-likeness (QED) is 0.351. The van der Waals surface area contributed by atoms with Gasteiger partial charge in [-0.3, -0.25) is 28.8 Å². The Morgan fingerprint density at radius 1 is 0.976 bits per heavy atom. The lowest BCUT2D eigenvalue weighted by Gasteiger charge is -2.47. The van der Waals surface area contributed by atoms with Gasteiger partial charge in [0.1, 0.15) is 11.4 Å². The molecule has 0 amide bonds. The van der Waals surface area contributed by atoms with Crippen molar-refractivity contribution in [1.29, 1.82) is 5.26 Å². The largest absolute Gasteiger partial charge is 0.507 e. The summed E-state index contributed by atoms with van der Waals surface area (Å²) < 4.78 is 23.2. The fraction of sp³-hybridized carbons (Fsp3) is 0.393. The van der Waals surface area contributed by atoms with Gasteiger partial charge < -0.3 is 24.1 Å². The van der Waals surface area contributed by atoms with E-state index in [0.717, 1.165) is 25.3 Å². The molecule has 0 fully saturated rings. The van der Waals surface area contributed by atoms with Crippen molar-refractivity contribution < 1.29 is 52.8 Å². The van der Waals surface area contributed by atoms with Gasteiger partial charge in [0.2, 0.25) is 5.78 Å². The molecule has 2 aliphatic carbocycles. The van der Waals surface area contributed by atoms with E-state index < -0.39 is 76.7 Å². The Morgan fingerprint density at radius 2 is 1.59 bits per heavy atom. The van der Waals surface area contributed by atoms with Crippen molar-refractivity contribution in [1.82, 2.24) is 4.57 Å². The normalized spacial score (nSPS) is 22.5. The smallest absolute Gasteiger partial charge is 0.309 e. The Morgan fingerprint density at radius 3 is 2.12 bits per heavy atom. The summed E-state index contributed by atoms with van der Waals surface area (Å²) >= 11 is 0. The molecule has 0 unspecified atom stereocenters. The van der Waals surface area contributed by atoms with E-state index in [4.69, 9.17) is 18.9 Å². The van der Waals surface area contributed by atoms with Crippen molar-refractivity contribution in [2.75, 3.05) is 0 Å². The van der Waals surface area contributed by atoms with E-state index in [1.54, 1.807) is 6.19 Å². The number of aromatic nitrogens is 1. The number of rotatable bonds is 5. The van der Waals surface area contributed by atoms with Crippen molar-refractivity contribution in [3.05, 3.63) is 51.8 Å². The van der Waals surface area contributed by atoms with E-state index in [2.05, 4.69) is 0 Å². The van der Waals surface area contributed by atoms with Crippen molar-refractivity contribution in [3.8, 4) is 11.9 Å². The molecule has 2 aliphatic rings. The van der Waals surface area contributed by atoms with Crippen LogP contribution >= 0.6 is 0 Å². The van der Waals surface area contributed by atoms with Crippen molar-refractivity contribution in [2.24, 2.45) is 5.92 Å². The van der Waals surface area contributed by atoms with Gasteiger partial charge in [0.15, 0.2) is 35.9 Å². The molecule has 41 heavy (non-hydrogen) atoms. The van der Waals surface area contributed by atoms with Gasteiger partial charge in [0.25, 0.3) is 0 Å². The molecule has 2 aromatic rings. The number of ketones is 2. The predicted molar refractivity (Wildman–Crippen MR) is 134 cm³/mol. The Labute approximate surface area is 233 Å². The Hall–Kier alpha value is -4.99. The second kappa shape index (κ2) is 10.2. The van der Waals surface area contributed by atoms with Crippen LogP contribution in [0.5, 0.6) is 5.75 Å². The molecule has 4 rings (SSSR count). The van der Waals surface area contributed by atoms with Crippen LogP contribution in [0.25, 0.3) is 0 Å². The molecular formula is C28H26N2O11. The molecule has 1 N–H and O–H groups in total. The van der Waals surface area contributed by atoms with Gasteiger partial charge in [-0.1, -0.05) is 26.0 Å². The molecule has 214 valence electrons. The van der Waals surface area contributed by atoms with Gasteiger partial charge in [-0.15, -0.1) is 0 Å². The Bertz CT molecular complexity index is 1580. The summed E-state index contributed by atoms with van der Waals surface area (Å²) in [6, 6.07) is 3.82. The molecule has 1 heterocycles. The van der Waals surface area contributed by atoms with Crippen LogP contribution in [-0.4, -0.2) is 56.8 Å². The second-order valence-electron chi connectivity index (χ2n) is 10.1. The minimum absolute atomic E-state index is 0.199. The molecule has 0 spiro atoms. The average molecular weight is 567 g/mol. The highest BCUT2D eigenvalue weighted by Crippen LogP contribution is 2.54. The first-order chi connectivity index (χ1) is 19.1. The summed E-state index contributed by atoms with van der Waals surface area (Å²) in [6.07, 6.45) is -3.37. The average Bonchev–Trinajstić information content (AvgIpc) is 3.22. The van der Waals surface area contributed by atoms with Crippen LogP contribution in [0.15, 0.2) is 18.2 Å². The monoisotopic (exact) mass is 566 g/mol. The van der Waals surface area contributed by atoms with E-state index in [1.165, 1.54) is 39.0 Å². The summed E-state index contributed by atoms with van der Waals surface area (Å²) in [5.74, 6) is -6.54. The number of benzene rings is 1. The first-order valence-electron chi connectivity index (χ1n) is 12.5. The van der Waals surface area contributed by atoms with Crippen LogP contribution in [0, 0.1) is 17.4 Å². The number of hydrogen-bond acceptors (Lipinski definition) is 12. The molecule has 0 saturated carbocycles. The topological polar surface area (TPSA) is 188 Å². The highest BCUT2D eigenvalue weighted by Gasteiger charge is 2.63. The van der Waals surface area contributed by atoms with Crippen LogP contribution < -0.4 is 0 Å². The van der Waals surface area contributed by atoms with Gasteiger partial charge in [0.05, 0.1) is 22.7 Å². The van der Waals surface area contributed by atoms with Gasteiger partial charge in [-0.2, -0.15) is 5.26 Å². The number of nitrogens with zero attached hydrogens (tertiary/aromatic N) is 2. The first kappa shape index (κ1) is 29.0. The molecular weight excluding hydrogens is 540 g/mol. The van der Waals surface area contributed by atoms with E-state index in [-0.39, 0.29) is 27.9 Å². The molecule has 13 nitrogen and oxygen atoms in total. The molecule has 4 atom stereocenters. The van der Waals surface area contributed by atoms with E-state index >= 15 is 0 Å². The number of phenolic OH excluding ortho intramolecular Hbond substituents is 1. The van der Waals surface area contributed by atoms with Gasteiger partial charge in [-0.05, 0) is 13.0 Å². The number of carbonyl (C=O) groups is 6. The number of aromatic hydroxyl groups is 1. The summed E-state index contributed by atoms with van der Waals surface area (Å²) in [5, 5.41) is 20.7. The highest BCUT2D eigenvalue weighted by molar-refractivity contribution is 6.29. The van der Waals surface area contributed by atoms with Crippen LogP contribution in [0.3, 0.4) is 0 Å². The maximum Gasteiger partial charge on any atom is 0.309 e. The minimum atomic E-state index is -2.14.